The maximum absolute atomic E-state index is 14.2. The molecule has 3 atom stereocenters. The van der Waals surface area contributed by atoms with E-state index in [2.05, 4.69) is 5.32 Å². The maximum Gasteiger partial charge on any atom is 0.408 e. The Hall–Kier alpha value is -2.61. The molecule has 0 bridgehead atoms. The van der Waals surface area contributed by atoms with Gasteiger partial charge in [-0.2, -0.15) is 18.4 Å². The number of likely N-dealkylation sites (tertiary alicyclic amines) is 1. The summed E-state index contributed by atoms with van der Waals surface area (Å²) in [4.78, 5) is 13.5. The molecule has 0 saturated carbocycles. The molecule has 3 rings (SSSR count). The van der Waals surface area contributed by atoms with Gasteiger partial charge in [0.25, 0.3) is 0 Å². The predicted octanol–water partition coefficient (Wildman–Crippen LogP) is 3.64. The van der Waals surface area contributed by atoms with Crippen molar-refractivity contribution in [1.82, 2.24) is 10.2 Å². The normalized spacial score (nSPS) is 20.2. The Morgan fingerprint density at radius 3 is 2.42 bits per heavy atom. The highest BCUT2D eigenvalue weighted by Crippen LogP contribution is 2.42. The zero-order chi connectivity index (χ0) is 24.2. The molecule has 1 heterocycles. The van der Waals surface area contributed by atoms with Crippen molar-refractivity contribution in [3.05, 3.63) is 70.7 Å². The standard InChI is InChI=1S/C22H21ClF3N3O3S/c23-18-9-5-4-8-16(18)14-33(31,32)17-12-19(21(30)28-11-10-27)29(13-17)20(22(24,25)26)15-6-2-1-3-7-15/h1-9,17,19-20H,11-14H2,(H,28,30). The molecular weight excluding hydrogens is 479 g/mol. The fourth-order valence-corrected chi connectivity index (χ4v) is 6.10. The van der Waals surface area contributed by atoms with Crippen LogP contribution in [0, 0.1) is 11.3 Å². The average Bonchev–Trinajstić information content (AvgIpc) is 3.19. The van der Waals surface area contributed by atoms with Gasteiger partial charge >= 0.3 is 6.18 Å². The average molecular weight is 500 g/mol. The minimum absolute atomic E-state index is 0.104. The molecule has 1 aliphatic heterocycles. The Labute approximate surface area is 194 Å². The Kier molecular flexibility index (Phi) is 7.67. The smallest absolute Gasteiger partial charge is 0.342 e. The lowest BCUT2D eigenvalue weighted by molar-refractivity contribution is -0.189. The number of nitrogens with zero attached hydrogens (tertiary/aromatic N) is 2. The number of carbonyl (C=O) groups is 1. The Morgan fingerprint density at radius 2 is 1.82 bits per heavy atom. The molecule has 0 spiro atoms. The highest BCUT2D eigenvalue weighted by Gasteiger charge is 2.53. The van der Waals surface area contributed by atoms with Crippen molar-refractivity contribution in [3.63, 3.8) is 0 Å². The van der Waals surface area contributed by atoms with Crippen LogP contribution in [0.1, 0.15) is 23.6 Å². The summed E-state index contributed by atoms with van der Waals surface area (Å²) in [7, 11) is -3.96. The summed E-state index contributed by atoms with van der Waals surface area (Å²) >= 11 is 6.07. The van der Waals surface area contributed by atoms with Crippen LogP contribution in [0.3, 0.4) is 0 Å². The van der Waals surface area contributed by atoms with Gasteiger partial charge in [-0.15, -0.1) is 0 Å². The van der Waals surface area contributed by atoms with Crippen LogP contribution in [0.25, 0.3) is 0 Å². The van der Waals surface area contributed by atoms with Gasteiger partial charge in [-0.1, -0.05) is 60.1 Å². The number of amides is 1. The lowest BCUT2D eigenvalue weighted by atomic mass is 10.0. The summed E-state index contributed by atoms with van der Waals surface area (Å²) in [6.45, 7) is -0.890. The molecule has 2 aromatic rings. The summed E-state index contributed by atoms with van der Waals surface area (Å²) in [6.07, 6.45) is -5.10. The third-order valence-electron chi connectivity index (χ3n) is 5.52. The maximum atomic E-state index is 14.2. The summed E-state index contributed by atoms with van der Waals surface area (Å²) in [5, 5.41) is 10.0. The molecule has 1 amide bonds. The highest BCUT2D eigenvalue weighted by molar-refractivity contribution is 7.91. The zero-order valence-electron chi connectivity index (χ0n) is 17.3. The SMILES string of the molecule is N#CCNC(=O)C1CC(S(=O)(=O)Cc2ccccc2Cl)CN1C(c1ccccc1)C(F)(F)F. The minimum atomic E-state index is -4.77. The first kappa shape index (κ1) is 25.0. The molecule has 11 heteroatoms. The molecule has 2 aromatic carbocycles. The highest BCUT2D eigenvalue weighted by atomic mass is 35.5. The van der Waals surface area contributed by atoms with Crippen molar-refractivity contribution in [2.75, 3.05) is 13.1 Å². The fraction of sp³-hybridized carbons (Fsp3) is 0.364. The van der Waals surface area contributed by atoms with Gasteiger partial charge < -0.3 is 5.32 Å². The van der Waals surface area contributed by atoms with E-state index >= 15 is 0 Å². The van der Waals surface area contributed by atoms with E-state index in [4.69, 9.17) is 16.9 Å². The molecule has 176 valence electrons. The summed E-state index contributed by atoms with van der Waals surface area (Å²) in [5.74, 6) is -1.28. The van der Waals surface area contributed by atoms with E-state index in [1.54, 1.807) is 24.3 Å². The second-order valence-corrected chi connectivity index (χ2v) is 10.4. The van der Waals surface area contributed by atoms with Crippen molar-refractivity contribution in [3.8, 4) is 6.07 Å². The second kappa shape index (κ2) is 10.1. The van der Waals surface area contributed by atoms with Crippen LogP contribution in [-0.2, 0) is 20.4 Å². The predicted molar refractivity (Wildman–Crippen MR) is 117 cm³/mol. The minimum Gasteiger partial charge on any atom is -0.342 e. The Balaban J connectivity index is 1.97. The summed E-state index contributed by atoms with van der Waals surface area (Å²) < 4.78 is 68.8. The van der Waals surface area contributed by atoms with Crippen LogP contribution in [0.4, 0.5) is 13.2 Å². The van der Waals surface area contributed by atoms with Crippen LogP contribution in [0.15, 0.2) is 54.6 Å². The largest absolute Gasteiger partial charge is 0.408 e. The third-order valence-corrected chi connectivity index (χ3v) is 7.96. The van der Waals surface area contributed by atoms with Gasteiger partial charge in [-0.25, -0.2) is 8.42 Å². The number of nitrogens with one attached hydrogen (secondary N) is 1. The van der Waals surface area contributed by atoms with Gasteiger partial charge in [0.1, 0.15) is 12.6 Å². The zero-order valence-corrected chi connectivity index (χ0v) is 18.9. The van der Waals surface area contributed by atoms with E-state index in [-0.39, 0.29) is 17.0 Å². The van der Waals surface area contributed by atoms with Gasteiger partial charge in [-0.05, 0) is 23.6 Å². The number of hydrogen-bond donors (Lipinski definition) is 1. The topological polar surface area (TPSA) is 90.3 Å². The molecule has 1 fully saturated rings. The number of sulfone groups is 1. The first-order valence-corrected chi connectivity index (χ1v) is 12.1. The first-order valence-electron chi connectivity index (χ1n) is 10.0. The molecule has 0 aliphatic carbocycles. The monoisotopic (exact) mass is 499 g/mol. The van der Waals surface area contributed by atoms with Gasteiger partial charge in [0, 0.05) is 11.6 Å². The molecule has 0 aromatic heterocycles. The fourth-order valence-electron chi connectivity index (χ4n) is 4.02. The van der Waals surface area contributed by atoms with Gasteiger partial charge in [-0.3, -0.25) is 9.69 Å². The van der Waals surface area contributed by atoms with Crippen LogP contribution in [-0.4, -0.2) is 49.8 Å². The molecule has 1 saturated heterocycles. The van der Waals surface area contributed by atoms with E-state index in [9.17, 15) is 26.4 Å². The van der Waals surface area contributed by atoms with Gasteiger partial charge in [0.2, 0.25) is 5.91 Å². The van der Waals surface area contributed by atoms with Crippen LogP contribution >= 0.6 is 11.6 Å². The van der Waals surface area contributed by atoms with Crippen molar-refractivity contribution in [2.24, 2.45) is 0 Å². The van der Waals surface area contributed by atoms with E-state index < -0.39 is 58.1 Å². The number of carbonyl (C=O) groups excluding carboxylic acids is 1. The van der Waals surface area contributed by atoms with Crippen molar-refractivity contribution in [2.45, 2.75) is 35.7 Å². The van der Waals surface area contributed by atoms with Crippen molar-refractivity contribution >= 4 is 27.3 Å². The van der Waals surface area contributed by atoms with Crippen LogP contribution < -0.4 is 5.32 Å². The van der Waals surface area contributed by atoms with Crippen LogP contribution in [0.2, 0.25) is 5.02 Å². The molecule has 0 radical (unpaired) electrons. The third kappa shape index (κ3) is 5.85. The number of rotatable bonds is 7. The second-order valence-electron chi connectivity index (χ2n) is 7.70. The van der Waals surface area contributed by atoms with Gasteiger partial charge in [0.05, 0.1) is 23.1 Å². The lowest BCUT2D eigenvalue weighted by Gasteiger charge is -2.33. The van der Waals surface area contributed by atoms with E-state index in [0.717, 1.165) is 4.90 Å². The van der Waals surface area contributed by atoms with E-state index in [0.29, 0.717) is 5.56 Å². The molecule has 33 heavy (non-hydrogen) atoms. The number of hydrogen-bond acceptors (Lipinski definition) is 5. The number of alkyl halides is 3. The molecular formula is C22H21ClF3N3O3S. The quantitative estimate of drug-likeness (QED) is 0.587. The Bertz CT molecular complexity index is 1140. The molecule has 6 nitrogen and oxygen atoms in total. The lowest BCUT2D eigenvalue weighted by Crippen LogP contribution is -2.48. The summed E-state index contributed by atoms with van der Waals surface area (Å²) in [5.41, 5.74) is 0.228. The van der Waals surface area contributed by atoms with Gasteiger partial charge in [0.15, 0.2) is 9.84 Å². The molecule has 1 N–H and O–H groups in total. The van der Waals surface area contributed by atoms with Crippen molar-refractivity contribution in [1.29, 1.82) is 5.26 Å². The Morgan fingerprint density at radius 1 is 1.18 bits per heavy atom. The molecule has 1 aliphatic rings. The number of benzene rings is 2. The van der Waals surface area contributed by atoms with Crippen LogP contribution in [0.5, 0.6) is 0 Å². The van der Waals surface area contributed by atoms with E-state index in [1.807, 2.05) is 0 Å². The van der Waals surface area contributed by atoms with Crippen molar-refractivity contribution < 1.29 is 26.4 Å². The molecule has 3 unspecified atom stereocenters. The number of nitriles is 1. The first-order chi connectivity index (χ1) is 15.5. The van der Waals surface area contributed by atoms with E-state index in [1.165, 1.54) is 36.4 Å². The number of halogens is 4. The summed E-state index contributed by atoms with van der Waals surface area (Å²) in [6, 6.07) is 11.5.